The molecule has 2 aromatic heterocycles. The lowest BCUT2D eigenvalue weighted by Crippen LogP contribution is -2.32. The van der Waals surface area contributed by atoms with Crippen LogP contribution in [-0.2, 0) is 5.41 Å². The molecule has 4 nitrogen and oxygen atoms in total. The molecule has 8 aromatic carbocycles. The number of para-hydroxylation sites is 2. The Morgan fingerprint density at radius 2 is 0.823 bits per heavy atom. The minimum atomic E-state index is -0.533. The van der Waals surface area contributed by atoms with Gasteiger partial charge in [-0.15, -0.1) is 0 Å². The molecule has 3 heterocycles. The number of hydrogen-bond donors (Lipinski definition) is 0. The van der Waals surface area contributed by atoms with Gasteiger partial charge in [-0.2, -0.15) is 0 Å². The summed E-state index contributed by atoms with van der Waals surface area (Å²) < 4.78 is 6.57. The summed E-state index contributed by atoms with van der Waals surface area (Å²) in [6.07, 6.45) is 0. The van der Waals surface area contributed by atoms with E-state index in [1.54, 1.807) is 0 Å². The molecule has 0 saturated heterocycles. The number of hydrogen-bond acceptors (Lipinski definition) is 4. The Morgan fingerprint density at radius 1 is 0.290 bits per heavy atom. The Morgan fingerprint density at radius 3 is 1.52 bits per heavy atom. The molecule has 290 valence electrons. The average Bonchev–Trinajstić information content (AvgIpc) is 3.64. The molecule has 0 fully saturated rings. The molecule has 1 aliphatic carbocycles. The Labute approximate surface area is 360 Å². The van der Waals surface area contributed by atoms with Gasteiger partial charge in [0.15, 0.2) is 5.82 Å². The summed E-state index contributed by atoms with van der Waals surface area (Å²) in [4.78, 5) is 15.8. The van der Waals surface area contributed by atoms with E-state index >= 15 is 0 Å². The second-order valence-corrected chi connectivity index (χ2v) is 15.9. The first kappa shape index (κ1) is 35.7. The first-order chi connectivity index (χ1) is 30.7. The van der Waals surface area contributed by atoms with E-state index in [0.717, 1.165) is 84.3 Å². The van der Waals surface area contributed by atoms with Gasteiger partial charge in [0.1, 0.15) is 11.5 Å². The lowest BCUT2D eigenvalue weighted by Gasteiger charge is -2.39. The largest absolute Gasteiger partial charge is 0.457 e. The second-order valence-electron chi connectivity index (χ2n) is 15.9. The van der Waals surface area contributed by atoms with E-state index in [0.29, 0.717) is 5.82 Å². The summed E-state index contributed by atoms with van der Waals surface area (Å²) in [6, 6.07) is 78.8. The van der Waals surface area contributed by atoms with Crippen LogP contribution in [0.4, 0.5) is 0 Å². The molecule has 62 heavy (non-hydrogen) atoms. The lowest BCUT2D eigenvalue weighted by atomic mass is 9.66. The standard InChI is InChI=1S/C58H37N3O/c1-4-17-38(18-5-1)51-34-32-44(56(59-51)39-19-6-2-7-20-39)41-23-16-24-42(35-41)52-37-53(61-57(60-52)40-21-8-3-9-22-40)43-31-33-48-46(36-43)45-25-10-11-26-47(45)58(48)49-27-12-14-29-54(49)62-55-30-15-13-28-50(55)58/h1-37H. The molecule has 0 saturated carbocycles. The van der Waals surface area contributed by atoms with Gasteiger partial charge in [0, 0.05) is 44.5 Å². The van der Waals surface area contributed by atoms with Crippen molar-refractivity contribution in [3.8, 4) is 90.2 Å². The molecule has 10 aromatic rings. The lowest BCUT2D eigenvalue weighted by molar-refractivity contribution is 0.436. The number of fused-ring (bicyclic) bond motifs is 9. The number of pyridine rings is 1. The summed E-state index contributed by atoms with van der Waals surface area (Å²) >= 11 is 0. The van der Waals surface area contributed by atoms with Gasteiger partial charge in [-0.1, -0.05) is 188 Å². The monoisotopic (exact) mass is 791 g/mol. The van der Waals surface area contributed by atoms with E-state index in [1.807, 2.05) is 30.3 Å². The number of ether oxygens (including phenoxy) is 1. The van der Waals surface area contributed by atoms with Gasteiger partial charge < -0.3 is 4.74 Å². The zero-order chi connectivity index (χ0) is 41.0. The van der Waals surface area contributed by atoms with Crippen LogP contribution >= 0.6 is 0 Å². The second kappa shape index (κ2) is 14.5. The van der Waals surface area contributed by atoms with Crippen molar-refractivity contribution >= 4 is 0 Å². The molecule has 2 aliphatic rings. The fourth-order valence-corrected chi connectivity index (χ4v) is 9.60. The van der Waals surface area contributed by atoms with E-state index < -0.39 is 5.41 Å². The number of benzene rings is 8. The molecule has 0 bridgehead atoms. The van der Waals surface area contributed by atoms with Gasteiger partial charge in [0.05, 0.1) is 28.2 Å². The minimum absolute atomic E-state index is 0.533. The first-order valence-electron chi connectivity index (χ1n) is 21.0. The number of rotatable bonds is 6. The Kier molecular flexibility index (Phi) is 8.36. The van der Waals surface area contributed by atoms with Crippen LogP contribution in [0.5, 0.6) is 11.5 Å². The average molecular weight is 792 g/mol. The van der Waals surface area contributed by atoms with E-state index in [-0.39, 0.29) is 0 Å². The summed E-state index contributed by atoms with van der Waals surface area (Å²) in [5.41, 5.74) is 17.4. The molecule has 1 spiro atoms. The van der Waals surface area contributed by atoms with Crippen LogP contribution in [0.3, 0.4) is 0 Å². The third kappa shape index (κ3) is 5.72. The highest BCUT2D eigenvalue weighted by atomic mass is 16.5. The van der Waals surface area contributed by atoms with Gasteiger partial charge in [-0.25, -0.2) is 15.0 Å². The van der Waals surface area contributed by atoms with Gasteiger partial charge in [0.25, 0.3) is 0 Å². The molecule has 0 atom stereocenters. The van der Waals surface area contributed by atoms with Crippen LogP contribution in [-0.4, -0.2) is 15.0 Å². The molecule has 1 aliphatic heterocycles. The fourth-order valence-electron chi connectivity index (χ4n) is 9.60. The van der Waals surface area contributed by atoms with Crippen molar-refractivity contribution in [1.82, 2.24) is 15.0 Å². The SMILES string of the molecule is c1ccc(-c2ccc(-c3cccc(-c4cc(-c5ccc6c(c5)-c5ccccc5C65c6ccccc6Oc6ccccc65)nc(-c5ccccc5)n4)c3)c(-c3ccccc3)n2)cc1. The summed E-state index contributed by atoms with van der Waals surface area (Å²) in [5.74, 6) is 2.44. The minimum Gasteiger partial charge on any atom is -0.457 e. The van der Waals surface area contributed by atoms with Crippen LogP contribution < -0.4 is 4.74 Å². The predicted molar refractivity (Wildman–Crippen MR) is 250 cm³/mol. The molecular weight excluding hydrogens is 755 g/mol. The molecule has 4 heteroatoms. The van der Waals surface area contributed by atoms with Crippen LogP contribution in [0.1, 0.15) is 22.3 Å². The van der Waals surface area contributed by atoms with Gasteiger partial charge >= 0.3 is 0 Å². The molecule has 12 rings (SSSR count). The maximum atomic E-state index is 6.57. The number of nitrogens with zero attached hydrogens (tertiary/aromatic N) is 3. The van der Waals surface area contributed by atoms with Crippen molar-refractivity contribution in [1.29, 1.82) is 0 Å². The van der Waals surface area contributed by atoms with Crippen molar-refractivity contribution in [3.63, 3.8) is 0 Å². The van der Waals surface area contributed by atoms with E-state index in [4.69, 9.17) is 19.7 Å². The van der Waals surface area contributed by atoms with Crippen molar-refractivity contribution < 1.29 is 4.74 Å². The van der Waals surface area contributed by atoms with Crippen molar-refractivity contribution in [3.05, 3.63) is 247 Å². The zero-order valence-corrected chi connectivity index (χ0v) is 33.6. The third-order valence-corrected chi connectivity index (χ3v) is 12.4. The predicted octanol–water partition coefficient (Wildman–Crippen LogP) is 14.3. The summed E-state index contributed by atoms with van der Waals surface area (Å²) in [5, 5.41) is 0. The third-order valence-electron chi connectivity index (χ3n) is 12.4. The molecule has 0 radical (unpaired) electrons. The highest BCUT2D eigenvalue weighted by Crippen LogP contribution is 2.62. The smallest absolute Gasteiger partial charge is 0.160 e. The molecule has 0 amide bonds. The van der Waals surface area contributed by atoms with Crippen molar-refractivity contribution in [2.75, 3.05) is 0 Å². The van der Waals surface area contributed by atoms with Gasteiger partial charge in [0.2, 0.25) is 0 Å². The van der Waals surface area contributed by atoms with E-state index in [1.165, 1.54) is 22.3 Å². The normalized spacial score (nSPS) is 12.8. The van der Waals surface area contributed by atoms with Crippen molar-refractivity contribution in [2.24, 2.45) is 0 Å². The van der Waals surface area contributed by atoms with E-state index in [9.17, 15) is 0 Å². The highest BCUT2D eigenvalue weighted by molar-refractivity contribution is 5.91. The number of aromatic nitrogens is 3. The van der Waals surface area contributed by atoms with Crippen molar-refractivity contribution in [2.45, 2.75) is 5.41 Å². The quantitative estimate of drug-likeness (QED) is 0.168. The van der Waals surface area contributed by atoms with Crippen LogP contribution in [0.25, 0.3) is 78.7 Å². The molecule has 0 N–H and O–H groups in total. The Bertz CT molecular complexity index is 3280. The van der Waals surface area contributed by atoms with Crippen LogP contribution in [0.2, 0.25) is 0 Å². The Hall–Kier alpha value is -8.21. The van der Waals surface area contributed by atoms with Gasteiger partial charge in [-0.3, -0.25) is 0 Å². The fraction of sp³-hybridized carbons (Fsp3) is 0.0172. The zero-order valence-electron chi connectivity index (χ0n) is 33.6. The first-order valence-corrected chi connectivity index (χ1v) is 21.0. The van der Waals surface area contributed by atoms with E-state index in [2.05, 4.69) is 194 Å². The van der Waals surface area contributed by atoms with Gasteiger partial charge in [-0.05, 0) is 64.2 Å². The van der Waals surface area contributed by atoms with Crippen LogP contribution in [0, 0.1) is 0 Å². The maximum Gasteiger partial charge on any atom is 0.160 e. The Balaban J connectivity index is 1.02. The summed E-state index contributed by atoms with van der Waals surface area (Å²) in [7, 11) is 0. The van der Waals surface area contributed by atoms with Crippen LogP contribution in [0.15, 0.2) is 224 Å². The highest BCUT2D eigenvalue weighted by Gasteiger charge is 2.51. The topological polar surface area (TPSA) is 47.9 Å². The molecule has 0 unspecified atom stereocenters. The summed E-state index contributed by atoms with van der Waals surface area (Å²) in [6.45, 7) is 0. The maximum absolute atomic E-state index is 6.57. The molecular formula is C58H37N3O.